The minimum atomic E-state index is 0.0455. The Morgan fingerprint density at radius 1 is 1.28 bits per heavy atom. The summed E-state index contributed by atoms with van der Waals surface area (Å²) in [6, 6.07) is 10.0. The smallest absolute Gasteiger partial charge is 0.222 e. The van der Waals surface area contributed by atoms with Gasteiger partial charge in [-0.2, -0.15) is 0 Å². The van der Waals surface area contributed by atoms with Gasteiger partial charge in [0.05, 0.1) is 18.9 Å². The molecule has 0 spiro atoms. The van der Waals surface area contributed by atoms with E-state index in [4.69, 9.17) is 4.74 Å². The largest absolute Gasteiger partial charge is 0.376 e. The van der Waals surface area contributed by atoms with Gasteiger partial charge in [0.1, 0.15) is 5.82 Å². The van der Waals surface area contributed by atoms with E-state index in [1.165, 1.54) is 24.4 Å². The molecule has 1 aliphatic heterocycles. The van der Waals surface area contributed by atoms with Gasteiger partial charge in [0.25, 0.3) is 0 Å². The number of carbonyl (C=O) groups excluding carboxylic acids is 1. The van der Waals surface area contributed by atoms with Crippen molar-refractivity contribution in [3.63, 3.8) is 0 Å². The van der Waals surface area contributed by atoms with Crippen molar-refractivity contribution < 1.29 is 9.53 Å². The van der Waals surface area contributed by atoms with Crippen LogP contribution < -0.4 is 5.32 Å². The van der Waals surface area contributed by atoms with Crippen LogP contribution in [0.5, 0.6) is 0 Å². The lowest BCUT2D eigenvalue weighted by Crippen LogP contribution is -2.27. The second kappa shape index (κ2) is 8.81. The maximum absolute atomic E-state index is 11.9. The number of nitrogens with zero attached hydrogens (tertiary/aromatic N) is 2. The number of imidazole rings is 1. The minimum absolute atomic E-state index is 0.0455. The molecular formula is C20H27N3O2. The summed E-state index contributed by atoms with van der Waals surface area (Å²) in [5.41, 5.74) is 3.51. The van der Waals surface area contributed by atoms with Crippen LogP contribution in [-0.4, -0.2) is 28.6 Å². The van der Waals surface area contributed by atoms with Crippen LogP contribution in [0.15, 0.2) is 30.3 Å². The quantitative estimate of drug-likeness (QED) is 0.751. The molecule has 0 unspecified atom stereocenters. The number of amides is 1. The van der Waals surface area contributed by atoms with Gasteiger partial charge in [0.15, 0.2) is 0 Å². The maximum Gasteiger partial charge on any atom is 0.222 e. The number of aryl methyl sites for hydroxylation is 2. The lowest BCUT2D eigenvalue weighted by atomic mass is 10.1. The molecule has 0 bridgehead atoms. The molecule has 0 radical (unpaired) electrons. The molecule has 0 saturated carbocycles. The first-order valence-electron chi connectivity index (χ1n) is 9.17. The molecule has 25 heavy (non-hydrogen) atoms. The summed E-state index contributed by atoms with van der Waals surface area (Å²) in [5, 5.41) is 2.99. The van der Waals surface area contributed by atoms with E-state index in [0.717, 1.165) is 30.6 Å². The molecule has 3 rings (SSSR count). The fourth-order valence-corrected chi connectivity index (χ4v) is 3.33. The van der Waals surface area contributed by atoms with Gasteiger partial charge < -0.3 is 14.6 Å². The average Bonchev–Trinajstić information content (AvgIpc) is 2.95. The predicted molar refractivity (Wildman–Crippen MR) is 97.3 cm³/mol. The van der Waals surface area contributed by atoms with Crippen molar-refractivity contribution in [2.24, 2.45) is 0 Å². The molecular weight excluding hydrogens is 314 g/mol. The van der Waals surface area contributed by atoms with Crippen LogP contribution in [-0.2, 0) is 35.5 Å². The Kier molecular flexibility index (Phi) is 6.23. The third kappa shape index (κ3) is 4.92. The summed E-state index contributed by atoms with van der Waals surface area (Å²) in [7, 11) is 0. The highest BCUT2D eigenvalue weighted by molar-refractivity contribution is 5.75. The second-order valence-electron chi connectivity index (χ2n) is 6.56. The third-order valence-corrected chi connectivity index (χ3v) is 4.65. The van der Waals surface area contributed by atoms with Gasteiger partial charge in [0, 0.05) is 38.0 Å². The van der Waals surface area contributed by atoms with Crippen LogP contribution in [0.4, 0.5) is 0 Å². The van der Waals surface area contributed by atoms with Crippen molar-refractivity contribution in [3.05, 3.63) is 53.1 Å². The summed E-state index contributed by atoms with van der Waals surface area (Å²) < 4.78 is 7.90. The van der Waals surface area contributed by atoms with Gasteiger partial charge in [-0.05, 0) is 25.3 Å². The number of hydrogen-bond donors (Lipinski definition) is 1. The van der Waals surface area contributed by atoms with Gasteiger partial charge in [-0.3, -0.25) is 4.79 Å². The first kappa shape index (κ1) is 17.7. The number of fused-ring (bicyclic) bond motifs is 1. The number of rotatable bonds is 8. The maximum atomic E-state index is 11.9. The zero-order valence-corrected chi connectivity index (χ0v) is 15.0. The van der Waals surface area contributed by atoms with Crippen LogP contribution in [0.3, 0.4) is 0 Å². The number of ether oxygens (including phenoxy) is 1. The first-order chi connectivity index (χ1) is 12.2. The van der Waals surface area contributed by atoms with Gasteiger partial charge in [-0.1, -0.05) is 30.3 Å². The molecule has 1 N–H and O–H groups in total. The standard InChI is InChI=1S/C20H27N3O2/c1-16-18(23-13-6-5-9-19(23)22-16)10-12-21-20(24)11-14-25-15-17-7-3-2-4-8-17/h2-4,7-8H,5-6,9-15H2,1H3,(H,21,24). The Morgan fingerprint density at radius 3 is 2.96 bits per heavy atom. The van der Waals surface area contributed by atoms with Crippen LogP contribution in [0.2, 0.25) is 0 Å². The van der Waals surface area contributed by atoms with Gasteiger partial charge in [-0.15, -0.1) is 0 Å². The van der Waals surface area contributed by atoms with E-state index in [1.54, 1.807) is 0 Å². The van der Waals surface area contributed by atoms with E-state index < -0.39 is 0 Å². The Labute approximate surface area is 149 Å². The molecule has 2 aromatic rings. The number of benzene rings is 1. The highest BCUT2D eigenvalue weighted by Gasteiger charge is 2.17. The zero-order chi connectivity index (χ0) is 17.5. The van der Waals surface area contributed by atoms with E-state index in [1.807, 2.05) is 30.3 Å². The molecule has 1 amide bonds. The molecule has 1 aliphatic rings. The van der Waals surface area contributed by atoms with Crippen molar-refractivity contribution in [1.82, 2.24) is 14.9 Å². The summed E-state index contributed by atoms with van der Waals surface area (Å²) in [4.78, 5) is 16.6. The Bertz CT molecular complexity index is 694. The topological polar surface area (TPSA) is 56.2 Å². The zero-order valence-electron chi connectivity index (χ0n) is 15.0. The second-order valence-corrected chi connectivity index (χ2v) is 6.56. The van der Waals surface area contributed by atoms with Crippen LogP contribution in [0.25, 0.3) is 0 Å². The van der Waals surface area contributed by atoms with Crippen molar-refractivity contribution in [2.45, 2.75) is 52.2 Å². The lowest BCUT2D eigenvalue weighted by molar-refractivity contribution is -0.122. The van der Waals surface area contributed by atoms with Crippen molar-refractivity contribution in [2.75, 3.05) is 13.2 Å². The molecule has 5 heteroatoms. The van der Waals surface area contributed by atoms with E-state index >= 15 is 0 Å². The fraction of sp³-hybridized carbons (Fsp3) is 0.500. The number of carbonyl (C=O) groups is 1. The highest BCUT2D eigenvalue weighted by atomic mass is 16.5. The van der Waals surface area contributed by atoms with E-state index in [-0.39, 0.29) is 5.91 Å². The van der Waals surface area contributed by atoms with E-state index in [9.17, 15) is 4.79 Å². The van der Waals surface area contributed by atoms with Gasteiger partial charge >= 0.3 is 0 Å². The first-order valence-corrected chi connectivity index (χ1v) is 9.17. The summed E-state index contributed by atoms with van der Waals surface area (Å²) >= 11 is 0. The summed E-state index contributed by atoms with van der Waals surface area (Å²) in [6.07, 6.45) is 4.77. The van der Waals surface area contributed by atoms with E-state index in [2.05, 4.69) is 21.8 Å². The number of aromatic nitrogens is 2. The predicted octanol–water partition coefficient (Wildman–Crippen LogP) is 2.79. The lowest BCUT2D eigenvalue weighted by Gasteiger charge is -2.16. The molecule has 2 heterocycles. The highest BCUT2D eigenvalue weighted by Crippen LogP contribution is 2.19. The normalized spacial score (nSPS) is 13.5. The summed E-state index contributed by atoms with van der Waals surface area (Å²) in [5.74, 6) is 1.25. The number of hydrogen-bond acceptors (Lipinski definition) is 3. The molecule has 134 valence electrons. The van der Waals surface area contributed by atoms with Crippen molar-refractivity contribution in [1.29, 1.82) is 0 Å². The molecule has 0 fully saturated rings. The molecule has 1 aromatic carbocycles. The van der Waals surface area contributed by atoms with Crippen molar-refractivity contribution >= 4 is 5.91 Å². The average molecular weight is 341 g/mol. The monoisotopic (exact) mass is 341 g/mol. The van der Waals surface area contributed by atoms with Crippen molar-refractivity contribution in [3.8, 4) is 0 Å². The van der Waals surface area contributed by atoms with Crippen LogP contribution in [0, 0.1) is 6.92 Å². The molecule has 5 nitrogen and oxygen atoms in total. The Balaban J connectivity index is 1.35. The summed E-state index contributed by atoms with van der Waals surface area (Å²) in [6.45, 7) is 4.78. The SMILES string of the molecule is Cc1nc2n(c1CCNC(=O)CCOCc1ccccc1)CCCC2. The molecule has 0 saturated heterocycles. The number of nitrogens with one attached hydrogen (secondary N) is 1. The minimum Gasteiger partial charge on any atom is -0.376 e. The van der Waals surface area contributed by atoms with Gasteiger partial charge in [-0.25, -0.2) is 4.98 Å². The fourth-order valence-electron chi connectivity index (χ4n) is 3.33. The van der Waals surface area contributed by atoms with Gasteiger partial charge in [0.2, 0.25) is 5.91 Å². The third-order valence-electron chi connectivity index (χ3n) is 4.65. The van der Waals surface area contributed by atoms with E-state index in [0.29, 0.717) is 26.2 Å². The molecule has 0 aliphatic carbocycles. The Hall–Kier alpha value is -2.14. The Morgan fingerprint density at radius 2 is 2.12 bits per heavy atom. The van der Waals surface area contributed by atoms with Crippen LogP contribution in [0.1, 0.15) is 42.0 Å². The van der Waals surface area contributed by atoms with Crippen LogP contribution >= 0.6 is 0 Å². The molecule has 0 atom stereocenters. The molecule has 1 aromatic heterocycles.